The Morgan fingerprint density at radius 1 is 1.24 bits per heavy atom. The van der Waals surface area contributed by atoms with Gasteiger partial charge in [0, 0.05) is 13.1 Å². The van der Waals surface area contributed by atoms with Gasteiger partial charge < -0.3 is 10.6 Å². The van der Waals surface area contributed by atoms with E-state index in [9.17, 15) is 0 Å². The highest BCUT2D eigenvalue weighted by atomic mass is 15.1. The molecule has 2 atom stereocenters. The molecule has 2 aliphatic rings. The summed E-state index contributed by atoms with van der Waals surface area (Å²) in [6.45, 7) is 5.81. The largest absolute Gasteiger partial charge is 0.330 e. The average Bonchev–Trinajstić information content (AvgIpc) is 2.23. The van der Waals surface area contributed by atoms with E-state index in [1.165, 1.54) is 58.0 Å². The van der Waals surface area contributed by atoms with Crippen molar-refractivity contribution in [1.29, 1.82) is 0 Å². The van der Waals surface area contributed by atoms with Crippen molar-refractivity contribution in [3.8, 4) is 0 Å². The van der Waals surface area contributed by atoms with E-state index in [0.717, 1.165) is 18.4 Å². The summed E-state index contributed by atoms with van der Waals surface area (Å²) < 4.78 is 0. The monoisotopic (exact) mass is 238 g/mol. The molecule has 2 N–H and O–H groups in total. The van der Waals surface area contributed by atoms with Gasteiger partial charge in [-0.15, -0.1) is 0 Å². The Balaban J connectivity index is 1.84. The van der Waals surface area contributed by atoms with Gasteiger partial charge in [0.25, 0.3) is 0 Å². The fraction of sp³-hybridized carbons (Fsp3) is 1.00. The minimum absolute atomic E-state index is 0.427. The van der Waals surface area contributed by atoms with Gasteiger partial charge in [-0.2, -0.15) is 0 Å². The SMILES string of the molecule is CC1CCCC(CN)(CN(C)CC2CCC2)C1. The molecule has 0 heterocycles. The zero-order chi connectivity index (χ0) is 12.3. The molecular formula is C15H30N2. The Labute approximate surface area is 107 Å². The van der Waals surface area contributed by atoms with Crippen molar-refractivity contribution in [2.24, 2.45) is 23.0 Å². The van der Waals surface area contributed by atoms with Crippen LogP contribution in [-0.2, 0) is 0 Å². The molecule has 2 heteroatoms. The molecule has 2 unspecified atom stereocenters. The maximum Gasteiger partial charge on any atom is 0.00472 e. The molecule has 0 aromatic heterocycles. The van der Waals surface area contributed by atoms with Crippen LogP contribution in [0.3, 0.4) is 0 Å². The summed E-state index contributed by atoms with van der Waals surface area (Å²) in [6, 6.07) is 0. The first-order valence-electron chi connectivity index (χ1n) is 7.52. The fourth-order valence-corrected chi connectivity index (χ4v) is 3.92. The zero-order valence-corrected chi connectivity index (χ0v) is 11.8. The predicted octanol–water partition coefficient (Wildman–Crippen LogP) is 2.87. The number of nitrogens with two attached hydrogens (primary N) is 1. The summed E-state index contributed by atoms with van der Waals surface area (Å²) in [5.74, 6) is 1.86. The first-order valence-corrected chi connectivity index (χ1v) is 7.52. The molecule has 0 saturated heterocycles. The average molecular weight is 238 g/mol. The van der Waals surface area contributed by atoms with E-state index >= 15 is 0 Å². The van der Waals surface area contributed by atoms with Crippen molar-refractivity contribution in [2.75, 3.05) is 26.7 Å². The molecule has 2 fully saturated rings. The lowest BCUT2D eigenvalue weighted by molar-refractivity contribution is 0.0843. The molecule has 0 amide bonds. The summed E-state index contributed by atoms with van der Waals surface area (Å²) in [7, 11) is 2.30. The summed E-state index contributed by atoms with van der Waals surface area (Å²) >= 11 is 0. The highest BCUT2D eigenvalue weighted by Gasteiger charge is 2.35. The second-order valence-corrected chi connectivity index (χ2v) is 6.90. The molecule has 17 heavy (non-hydrogen) atoms. The Morgan fingerprint density at radius 3 is 2.53 bits per heavy atom. The van der Waals surface area contributed by atoms with Gasteiger partial charge in [0.2, 0.25) is 0 Å². The van der Waals surface area contributed by atoms with E-state index in [1.54, 1.807) is 0 Å². The standard InChI is InChI=1S/C15H30N2/c1-13-5-4-8-15(9-13,11-16)12-17(2)10-14-6-3-7-14/h13-14H,3-12,16H2,1-2H3. The van der Waals surface area contributed by atoms with Gasteiger partial charge in [-0.25, -0.2) is 0 Å². The van der Waals surface area contributed by atoms with Gasteiger partial charge in [-0.3, -0.25) is 0 Å². The van der Waals surface area contributed by atoms with E-state index in [-0.39, 0.29) is 0 Å². The van der Waals surface area contributed by atoms with Crippen LogP contribution in [0.15, 0.2) is 0 Å². The van der Waals surface area contributed by atoms with Crippen molar-refractivity contribution in [1.82, 2.24) is 4.90 Å². The summed E-state index contributed by atoms with van der Waals surface area (Å²) in [5, 5.41) is 0. The number of rotatable bonds is 5. The van der Waals surface area contributed by atoms with E-state index in [1.807, 2.05) is 0 Å². The molecule has 0 bridgehead atoms. The van der Waals surface area contributed by atoms with Crippen LogP contribution in [0.25, 0.3) is 0 Å². The summed E-state index contributed by atoms with van der Waals surface area (Å²) in [5.41, 5.74) is 6.53. The maximum atomic E-state index is 6.10. The molecule has 0 aromatic rings. The third-order valence-corrected chi connectivity index (χ3v) is 5.02. The van der Waals surface area contributed by atoms with Gasteiger partial charge in [0.05, 0.1) is 0 Å². The van der Waals surface area contributed by atoms with Crippen molar-refractivity contribution < 1.29 is 0 Å². The van der Waals surface area contributed by atoms with Gasteiger partial charge in [0.1, 0.15) is 0 Å². The smallest absolute Gasteiger partial charge is 0.00472 e. The second kappa shape index (κ2) is 5.71. The van der Waals surface area contributed by atoms with Gasteiger partial charge in [-0.05, 0) is 56.5 Å². The predicted molar refractivity (Wildman–Crippen MR) is 74.0 cm³/mol. The second-order valence-electron chi connectivity index (χ2n) is 6.90. The van der Waals surface area contributed by atoms with Crippen LogP contribution in [0.2, 0.25) is 0 Å². The Bertz CT molecular complexity index is 237. The molecule has 100 valence electrons. The molecule has 2 rings (SSSR count). The quantitative estimate of drug-likeness (QED) is 0.798. The fourth-order valence-electron chi connectivity index (χ4n) is 3.92. The molecule has 0 aliphatic heterocycles. The van der Waals surface area contributed by atoms with Crippen LogP contribution in [0.4, 0.5) is 0 Å². The molecule has 2 nitrogen and oxygen atoms in total. The van der Waals surface area contributed by atoms with Crippen molar-refractivity contribution in [3.63, 3.8) is 0 Å². The van der Waals surface area contributed by atoms with Gasteiger partial charge in [0.15, 0.2) is 0 Å². The number of nitrogens with zero attached hydrogens (tertiary/aromatic N) is 1. The van der Waals surface area contributed by atoms with Crippen molar-refractivity contribution in [2.45, 2.75) is 51.9 Å². The van der Waals surface area contributed by atoms with Crippen LogP contribution < -0.4 is 5.73 Å². The highest BCUT2D eigenvalue weighted by molar-refractivity contribution is 4.89. The maximum absolute atomic E-state index is 6.10. The van der Waals surface area contributed by atoms with Crippen LogP contribution in [-0.4, -0.2) is 31.6 Å². The van der Waals surface area contributed by atoms with Gasteiger partial charge in [-0.1, -0.05) is 26.2 Å². The lowest BCUT2D eigenvalue weighted by atomic mass is 9.69. The number of hydrogen-bond acceptors (Lipinski definition) is 2. The topological polar surface area (TPSA) is 29.3 Å². The van der Waals surface area contributed by atoms with Crippen LogP contribution >= 0.6 is 0 Å². The summed E-state index contributed by atoms with van der Waals surface area (Å²) in [4.78, 5) is 2.56. The van der Waals surface area contributed by atoms with Crippen LogP contribution in [0.5, 0.6) is 0 Å². The van der Waals surface area contributed by atoms with E-state index < -0.39 is 0 Å². The van der Waals surface area contributed by atoms with Crippen molar-refractivity contribution in [3.05, 3.63) is 0 Å². The van der Waals surface area contributed by atoms with Crippen LogP contribution in [0, 0.1) is 17.3 Å². The Hall–Kier alpha value is -0.0800. The molecular weight excluding hydrogens is 208 g/mol. The van der Waals surface area contributed by atoms with Gasteiger partial charge >= 0.3 is 0 Å². The Kier molecular flexibility index (Phi) is 4.48. The van der Waals surface area contributed by atoms with E-state index in [2.05, 4.69) is 18.9 Å². The zero-order valence-electron chi connectivity index (χ0n) is 11.8. The highest BCUT2D eigenvalue weighted by Crippen LogP contribution is 2.39. The van der Waals surface area contributed by atoms with Crippen molar-refractivity contribution >= 4 is 0 Å². The first-order chi connectivity index (χ1) is 8.13. The lowest BCUT2D eigenvalue weighted by Gasteiger charge is -2.43. The minimum atomic E-state index is 0.427. The van der Waals surface area contributed by atoms with E-state index in [0.29, 0.717) is 5.41 Å². The first kappa shape index (κ1) is 13.4. The Morgan fingerprint density at radius 2 is 2.00 bits per heavy atom. The lowest BCUT2D eigenvalue weighted by Crippen LogP contribution is -2.45. The normalized spacial score (nSPS) is 34.9. The summed E-state index contributed by atoms with van der Waals surface area (Å²) in [6.07, 6.45) is 9.86. The van der Waals surface area contributed by atoms with E-state index in [4.69, 9.17) is 5.73 Å². The molecule has 2 saturated carbocycles. The third kappa shape index (κ3) is 3.45. The minimum Gasteiger partial charge on any atom is -0.330 e. The third-order valence-electron chi connectivity index (χ3n) is 5.02. The number of hydrogen-bond donors (Lipinski definition) is 1. The van der Waals surface area contributed by atoms with Crippen LogP contribution in [0.1, 0.15) is 51.9 Å². The molecule has 0 radical (unpaired) electrons. The molecule has 0 spiro atoms. The molecule has 2 aliphatic carbocycles. The molecule has 0 aromatic carbocycles.